The third kappa shape index (κ3) is 1.42. The summed E-state index contributed by atoms with van der Waals surface area (Å²) in [4.78, 5) is 10.5. The number of carboxylic acid groups (broad SMARTS) is 1. The highest BCUT2D eigenvalue weighted by Crippen LogP contribution is 2.19. The van der Waals surface area contributed by atoms with Crippen LogP contribution < -0.4 is 5.73 Å². The first kappa shape index (κ1) is 9.00. The van der Waals surface area contributed by atoms with E-state index in [0.29, 0.717) is 0 Å². The van der Waals surface area contributed by atoms with Gasteiger partial charge >= 0.3 is 5.97 Å². The number of hydrogen-bond donors (Lipinski definition) is 2. The van der Waals surface area contributed by atoms with Crippen LogP contribution in [0.15, 0.2) is 12.1 Å². The summed E-state index contributed by atoms with van der Waals surface area (Å²) >= 11 is 0. The zero-order valence-electron chi connectivity index (χ0n) is 6.41. The first-order valence-electron chi connectivity index (χ1n) is 3.29. The monoisotopic (exact) mass is 180 g/mol. The van der Waals surface area contributed by atoms with Crippen LogP contribution in [0, 0.1) is 17.1 Å². The number of anilines is 1. The molecule has 0 spiro atoms. The Morgan fingerprint density at radius 3 is 2.69 bits per heavy atom. The molecule has 0 unspecified atom stereocenters. The van der Waals surface area contributed by atoms with Gasteiger partial charge in [-0.3, -0.25) is 0 Å². The van der Waals surface area contributed by atoms with Crippen molar-refractivity contribution in [3.63, 3.8) is 0 Å². The lowest BCUT2D eigenvalue weighted by atomic mass is 10.1. The number of hydrogen-bond acceptors (Lipinski definition) is 3. The smallest absolute Gasteiger partial charge is 0.340 e. The van der Waals surface area contributed by atoms with Gasteiger partial charge in [-0.25, -0.2) is 9.18 Å². The molecule has 1 aromatic rings. The Morgan fingerprint density at radius 1 is 1.62 bits per heavy atom. The normalized spacial score (nSPS) is 9.23. The van der Waals surface area contributed by atoms with Gasteiger partial charge in [0, 0.05) is 0 Å². The van der Waals surface area contributed by atoms with Gasteiger partial charge in [0.1, 0.15) is 17.4 Å². The standard InChI is InChI=1S/C8H5FN2O2/c9-5-2-1-4(3-10)7(11)6(5)8(12)13/h1-2H,11H2,(H,12,13). The van der Waals surface area contributed by atoms with E-state index in [2.05, 4.69) is 0 Å². The van der Waals surface area contributed by atoms with Crippen LogP contribution in [0.3, 0.4) is 0 Å². The minimum Gasteiger partial charge on any atom is -0.478 e. The van der Waals surface area contributed by atoms with Crippen molar-refractivity contribution in [2.24, 2.45) is 0 Å². The number of nitrogen functional groups attached to an aromatic ring is 1. The molecule has 0 saturated heterocycles. The van der Waals surface area contributed by atoms with Crippen molar-refractivity contribution < 1.29 is 14.3 Å². The Bertz CT molecular complexity index is 409. The molecule has 0 amide bonds. The molecule has 1 rings (SSSR count). The fourth-order valence-electron chi connectivity index (χ4n) is 0.908. The Balaban J connectivity index is 3.50. The first-order valence-corrected chi connectivity index (χ1v) is 3.29. The zero-order chi connectivity index (χ0) is 10.0. The molecular weight excluding hydrogens is 175 g/mol. The maximum absolute atomic E-state index is 12.8. The van der Waals surface area contributed by atoms with Crippen LogP contribution in [0.4, 0.5) is 10.1 Å². The molecular formula is C8H5FN2O2. The summed E-state index contributed by atoms with van der Waals surface area (Å²) in [5.74, 6) is -2.42. The molecule has 3 N–H and O–H groups in total. The quantitative estimate of drug-likeness (QED) is 0.630. The predicted octanol–water partition coefficient (Wildman–Crippen LogP) is 0.978. The minimum atomic E-state index is -1.48. The van der Waals surface area contributed by atoms with Crippen molar-refractivity contribution in [1.82, 2.24) is 0 Å². The molecule has 0 aromatic heterocycles. The van der Waals surface area contributed by atoms with Gasteiger partial charge in [-0.15, -0.1) is 0 Å². The topological polar surface area (TPSA) is 87.1 Å². The maximum atomic E-state index is 12.8. The Kier molecular flexibility index (Phi) is 2.15. The highest BCUT2D eigenvalue weighted by atomic mass is 19.1. The summed E-state index contributed by atoms with van der Waals surface area (Å²) in [7, 11) is 0. The highest BCUT2D eigenvalue weighted by Gasteiger charge is 2.16. The lowest BCUT2D eigenvalue weighted by Gasteiger charge is -2.02. The number of aromatic carboxylic acids is 1. The molecule has 0 saturated carbocycles. The van der Waals surface area contributed by atoms with Crippen molar-refractivity contribution in [2.75, 3.05) is 5.73 Å². The van der Waals surface area contributed by atoms with Crippen LogP contribution in [-0.2, 0) is 0 Å². The summed E-state index contributed by atoms with van der Waals surface area (Å²) in [6.45, 7) is 0. The molecule has 0 heterocycles. The average molecular weight is 180 g/mol. The fraction of sp³-hybridized carbons (Fsp3) is 0. The minimum absolute atomic E-state index is 0.0428. The van der Waals surface area contributed by atoms with Crippen molar-refractivity contribution in [3.05, 3.63) is 29.1 Å². The Labute approximate surface area is 73.0 Å². The summed E-state index contributed by atoms with van der Waals surface area (Å²) in [5, 5.41) is 17.0. The van der Waals surface area contributed by atoms with E-state index in [4.69, 9.17) is 16.1 Å². The average Bonchev–Trinajstić information content (AvgIpc) is 2.04. The summed E-state index contributed by atoms with van der Waals surface area (Å²) in [5.41, 5.74) is 4.22. The molecule has 0 atom stereocenters. The van der Waals surface area contributed by atoms with Crippen molar-refractivity contribution in [2.45, 2.75) is 0 Å². The fourth-order valence-corrected chi connectivity index (χ4v) is 0.908. The van der Waals surface area contributed by atoms with E-state index in [-0.39, 0.29) is 11.3 Å². The SMILES string of the molecule is N#Cc1ccc(F)c(C(=O)O)c1N. The molecule has 0 radical (unpaired) electrons. The third-order valence-corrected chi connectivity index (χ3v) is 1.53. The van der Waals surface area contributed by atoms with Crippen molar-refractivity contribution in [3.8, 4) is 6.07 Å². The predicted molar refractivity (Wildman–Crippen MR) is 42.5 cm³/mol. The number of rotatable bonds is 1. The summed E-state index contributed by atoms with van der Waals surface area (Å²) < 4.78 is 12.8. The van der Waals surface area contributed by atoms with Crippen LogP contribution in [0.2, 0.25) is 0 Å². The van der Waals surface area contributed by atoms with Crippen LogP contribution in [-0.4, -0.2) is 11.1 Å². The van der Waals surface area contributed by atoms with Crippen LogP contribution in [0.1, 0.15) is 15.9 Å². The van der Waals surface area contributed by atoms with Gasteiger partial charge in [0.15, 0.2) is 0 Å². The number of benzene rings is 1. The lowest BCUT2D eigenvalue weighted by molar-refractivity contribution is 0.0693. The molecule has 0 aliphatic rings. The molecule has 0 fully saturated rings. The number of carboxylic acids is 1. The number of nitrogens with zero attached hydrogens (tertiary/aromatic N) is 1. The van der Waals surface area contributed by atoms with E-state index < -0.39 is 17.3 Å². The lowest BCUT2D eigenvalue weighted by Crippen LogP contribution is -2.07. The van der Waals surface area contributed by atoms with Gasteiger partial charge in [0.25, 0.3) is 0 Å². The number of nitriles is 1. The summed E-state index contributed by atoms with van der Waals surface area (Å²) in [6.07, 6.45) is 0. The van der Waals surface area contributed by atoms with Crippen molar-refractivity contribution in [1.29, 1.82) is 5.26 Å². The Hall–Kier alpha value is -2.09. The van der Waals surface area contributed by atoms with E-state index in [1.807, 2.05) is 0 Å². The molecule has 5 heteroatoms. The number of carbonyl (C=O) groups is 1. The first-order chi connectivity index (χ1) is 6.07. The molecule has 0 bridgehead atoms. The summed E-state index contributed by atoms with van der Waals surface area (Å²) in [6, 6.07) is 3.70. The Morgan fingerprint density at radius 2 is 2.23 bits per heavy atom. The molecule has 4 nitrogen and oxygen atoms in total. The van der Waals surface area contributed by atoms with E-state index in [1.54, 1.807) is 6.07 Å². The number of nitrogens with two attached hydrogens (primary N) is 1. The van der Waals surface area contributed by atoms with E-state index in [1.165, 1.54) is 0 Å². The molecule has 0 aliphatic heterocycles. The van der Waals surface area contributed by atoms with Crippen molar-refractivity contribution >= 4 is 11.7 Å². The second-order valence-corrected chi connectivity index (χ2v) is 2.30. The highest BCUT2D eigenvalue weighted by molar-refractivity contribution is 5.95. The van der Waals surface area contributed by atoms with Gasteiger partial charge in [-0.2, -0.15) is 5.26 Å². The van der Waals surface area contributed by atoms with Crippen LogP contribution in [0.5, 0.6) is 0 Å². The van der Waals surface area contributed by atoms with Gasteiger partial charge in [0.2, 0.25) is 0 Å². The molecule has 13 heavy (non-hydrogen) atoms. The number of halogens is 1. The van der Waals surface area contributed by atoms with Gasteiger partial charge < -0.3 is 10.8 Å². The second kappa shape index (κ2) is 3.11. The van der Waals surface area contributed by atoms with Gasteiger partial charge in [-0.05, 0) is 12.1 Å². The van der Waals surface area contributed by atoms with E-state index >= 15 is 0 Å². The van der Waals surface area contributed by atoms with Gasteiger partial charge in [0.05, 0.1) is 11.3 Å². The van der Waals surface area contributed by atoms with Crippen LogP contribution >= 0.6 is 0 Å². The third-order valence-electron chi connectivity index (χ3n) is 1.53. The molecule has 0 aliphatic carbocycles. The largest absolute Gasteiger partial charge is 0.478 e. The van der Waals surface area contributed by atoms with E-state index in [0.717, 1.165) is 12.1 Å². The van der Waals surface area contributed by atoms with E-state index in [9.17, 15) is 9.18 Å². The zero-order valence-corrected chi connectivity index (χ0v) is 6.41. The second-order valence-electron chi connectivity index (χ2n) is 2.30. The molecule has 1 aromatic carbocycles. The van der Waals surface area contributed by atoms with Gasteiger partial charge in [-0.1, -0.05) is 0 Å². The maximum Gasteiger partial charge on any atom is 0.340 e. The molecule has 66 valence electrons. The van der Waals surface area contributed by atoms with Crippen LogP contribution in [0.25, 0.3) is 0 Å².